The van der Waals surface area contributed by atoms with E-state index in [1.807, 2.05) is 19.1 Å². The van der Waals surface area contributed by atoms with Crippen molar-refractivity contribution in [2.24, 2.45) is 10.9 Å². The van der Waals surface area contributed by atoms with E-state index < -0.39 is 6.10 Å². The summed E-state index contributed by atoms with van der Waals surface area (Å²) < 4.78 is 6.02. The van der Waals surface area contributed by atoms with Gasteiger partial charge in [0.1, 0.15) is 5.75 Å². The van der Waals surface area contributed by atoms with E-state index in [0.717, 1.165) is 29.8 Å². The molecule has 29 heavy (non-hydrogen) atoms. The number of hydrogen-bond donors (Lipinski definition) is 3. The van der Waals surface area contributed by atoms with E-state index in [2.05, 4.69) is 59.6 Å². The molecule has 0 aliphatic carbocycles. The Bertz CT molecular complexity index is 763. The maximum absolute atomic E-state index is 10.3. The third-order valence-corrected chi connectivity index (χ3v) is 4.48. The smallest absolute Gasteiger partial charge is 0.191 e. The lowest BCUT2D eigenvalue weighted by Crippen LogP contribution is -2.39. The van der Waals surface area contributed by atoms with Crippen molar-refractivity contribution in [1.82, 2.24) is 15.6 Å². The normalized spacial score (nSPS) is 12.7. The number of benzene rings is 1. The Morgan fingerprint density at radius 1 is 1.17 bits per heavy atom. The van der Waals surface area contributed by atoms with Crippen LogP contribution in [-0.2, 0) is 6.54 Å². The molecule has 0 amide bonds. The molecule has 0 radical (unpaired) electrons. The van der Waals surface area contributed by atoms with Crippen molar-refractivity contribution in [2.75, 3.05) is 19.7 Å². The van der Waals surface area contributed by atoms with Crippen molar-refractivity contribution in [1.29, 1.82) is 0 Å². The molecule has 0 bridgehead atoms. The average molecular weight is 399 g/mol. The second kappa shape index (κ2) is 12.1. The third-order valence-electron chi connectivity index (χ3n) is 4.48. The molecular weight excluding hydrogens is 364 g/mol. The molecule has 0 fully saturated rings. The molecule has 1 atom stereocenters. The molecule has 0 aliphatic rings. The first kappa shape index (κ1) is 22.7. The number of ether oxygens (including phenoxy) is 1. The van der Waals surface area contributed by atoms with E-state index in [4.69, 9.17) is 4.74 Å². The predicted octanol–water partition coefficient (Wildman–Crippen LogP) is 3.60. The topological polar surface area (TPSA) is 78.8 Å². The van der Waals surface area contributed by atoms with E-state index >= 15 is 0 Å². The summed E-state index contributed by atoms with van der Waals surface area (Å²) in [6.45, 7) is 10.8. The summed E-state index contributed by atoms with van der Waals surface area (Å²) in [4.78, 5) is 8.65. The van der Waals surface area contributed by atoms with E-state index in [-0.39, 0.29) is 0 Å². The standard InChI is InChI=1S/C23H34N4O2/c1-5-25-23(27-16-21(28)19-8-11-24-12-9-19)26-15-20-7-6-18(4)14-22(20)29-13-10-17(2)3/h6-9,11-12,14,17,21,28H,5,10,13,15-16H2,1-4H3,(H2,25,26,27). The summed E-state index contributed by atoms with van der Waals surface area (Å²) in [5.41, 5.74) is 3.04. The molecule has 1 aromatic heterocycles. The third kappa shape index (κ3) is 8.11. The zero-order valence-corrected chi connectivity index (χ0v) is 18.0. The van der Waals surface area contributed by atoms with Gasteiger partial charge < -0.3 is 20.5 Å². The van der Waals surface area contributed by atoms with E-state index in [0.29, 0.717) is 31.6 Å². The first-order valence-corrected chi connectivity index (χ1v) is 10.3. The Morgan fingerprint density at radius 2 is 1.93 bits per heavy atom. The number of nitrogens with one attached hydrogen (secondary N) is 2. The number of hydrogen-bond acceptors (Lipinski definition) is 4. The van der Waals surface area contributed by atoms with Crippen LogP contribution in [0.15, 0.2) is 47.7 Å². The number of aromatic nitrogens is 1. The summed E-state index contributed by atoms with van der Waals surface area (Å²) in [6, 6.07) is 9.83. The monoisotopic (exact) mass is 398 g/mol. The fourth-order valence-electron chi connectivity index (χ4n) is 2.73. The largest absolute Gasteiger partial charge is 0.493 e. The van der Waals surface area contributed by atoms with Crippen LogP contribution in [0.5, 0.6) is 5.75 Å². The molecule has 0 spiro atoms. The highest BCUT2D eigenvalue weighted by Crippen LogP contribution is 2.22. The van der Waals surface area contributed by atoms with Gasteiger partial charge in [-0.05, 0) is 55.5 Å². The van der Waals surface area contributed by atoms with Crippen LogP contribution in [0.25, 0.3) is 0 Å². The van der Waals surface area contributed by atoms with Crippen LogP contribution in [0.2, 0.25) is 0 Å². The van der Waals surface area contributed by atoms with Gasteiger partial charge in [0.05, 0.1) is 19.3 Å². The minimum absolute atomic E-state index is 0.363. The minimum atomic E-state index is -0.629. The molecule has 1 heterocycles. The van der Waals surface area contributed by atoms with Gasteiger partial charge in [-0.3, -0.25) is 4.98 Å². The van der Waals surface area contributed by atoms with Gasteiger partial charge in [-0.2, -0.15) is 0 Å². The Morgan fingerprint density at radius 3 is 2.62 bits per heavy atom. The van der Waals surface area contributed by atoms with Gasteiger partial charge in [-0.15, -0.1) is 0 Å². The van der Waals surface area contributed by atoms with Crippen molar-refractivity contribution in [3.63, 3.8) is 0 Å². The highest BCUT2D eigenvalue weighted by Gasteiger charge is 2.09. The Hall–Kier alpha value is -2.60. The number of pyridine rings is 1. The van der Waals surface area contributed by atoms with Crippen LogP contribution in [0, 0.1) is 12.8 Å². The molecule has 6 heteroatoms. The molecule has 2 aromatic rings. The summed E-state index contributed by atoms with van der Waals surface area (Å²) in [7, 11) is 0. The van der Waals surface area contributed by atoms with Crippen LogP contribution in [0.3, 0.4) is 0 Å². The number of guanidine groups is 1. The van der Waals surface area contributed by atoms with Crippen LogP contribution < -0.4 is 15.4 Å². The van der Waals surface area contributed by atoms with Crippen molar-refractivity contribution in [3.8, 4) is 5.75 Å². The van der Waals surface area contributed by atoms with Gasteiger partial charge in [-0.25, -0.2) is 4.99 Å². The molecule has 0 aliphatic heterocycles. The number of nitrogens with zero attached hydrogens (tertiary/aromatic N) is 2. The first-order valence-electron chi connectivity index (χ1n) is 10.3. The zero-order chi connectivity index (χ0) is 21.1. The highest BCUT2D eigenvalue weighted by atomic mass is 16.5. The molecule has 6 nitrogen and oxygen atoms in total. The van der Waals surface area contributed by atoms with Gasteiger partial charge in [0.2, 0.25) is 0 Å². The fraction of sp³-hybridized carbons (Fsp3) is 0.478. The van der Waals surface area contributed by atoms with Gasteiger partial charge in [0.25, 0.3) is 0 Å². The molecule has 1 aromatic carbocycles. The average Bonchev–Trinajstić information content (AvgIpc) is 2.71. The number of aliphatic hydroxyl groups excluding tert-OH is 1. The zero-order valence-electron chi connectivity index (χ0n) is 18.0. The summed E-state index contributed by atoms with van der Waals surface area (Å²) >= 11 is 0. The lowest BCUT2D eigenvalue weighted by atomic mass is 10.1. The van der Waals surface area contributed by atoms with Crippen LogP contribution in [0.1, 0.15) is 50.0 Å². The van der Waals surface area contributed by atoms with Gasteiger partial charge in [0, 0.05) is 31.0 Å². The van der Waals surface area contributed by atoms with Crippen molar-refractivity contribution in [3.05, 3.63) is 59.4 Å². The molecule has 1 unspecified atom stereocenters. The molecule has 0 saturated heterocycles. The van der Waals surface area contributed by atoms with Crippen LogP contribution >= 0.6 is 0 Å². The summed E-state index contributed by atoms with van der Waals surface area (Å²) in [6.07, 6.45) is 3.75. The SMILES string of the molecule is CCNC(=NCc1ccc(C)cc1OCCC(C)C)NCC(O)c1ccncc1. The molecule has 2 rings (SSSR count). The van der Waals surface area contributed by atoms with Gasteiger partial charge in [-0.1, -0.05) is 26.0 Å². The van der Waals surface area contributed by atoms with Crippen LogP contribution in [0.4, 0.5) is 0 Å². The number of aryl methyl sites for hydroxylation is 1. The molecular formula is C23H34N4O2. The summed E-state index contributed by atoms with van der Waals surface area (Å²) in [5.74, 6) is 2.16. The molecule has 3 N–H and O–H groups in total. The van der Waals surface area contributed by atoms with E-state index in [1.54, 1.807) is 12.4 Å². The van der Waals surface area contributed by atoms with Crippen molar-refractivity contribution in [2.45, 2.75) is 46.8 Å². The number of aliphatic hydroxyl groups is 1. The Labute approximate surface area is 174 Å². The quantitative estimate of drug-likeness (QED) is 0.421. The number of aliphatic imine (C=N–C) groups is 1. The van der Waals surface area contributed by atoms with Gasteiger partial charge >= 0.3 is 0 Å². The second-order valence-electron chi connectivity index (χ2n) is 7.51. The lowest BCUT2D eigenvalue weighted by Gasteiger charge is -2.16. The van der Waals surface area contributed by atoms with Crippen molar-refractivity contribution >= 4 is 5.96 Å². The first-order chi connectivity index (χ1) is 14.0. The highest BCUT2D eigenvalue weighted by molar-refractivity contribution is 5.79. The van der Waals surface area contributed by atoms with E-state index in [1.165, 1.54) is 5.56 Å². The predicted molar refractivity (Wildman–Crippen MR) is 118 cm³/mol. The molecule has 0 saturated carbocycles. The Kier molecular flexibility index (Phi) is 9.44. The van der Waals surface area contributed by atoms with E-state index in [9.17, 15) is 5.11 Å². The van der Waals surface area contributed by atoms with Crippen molar-refractivity contribution < 1.29 is 9.84 Å². The van der Waals surface area contributed by atoms with Gasteiger partial charge in [0.15, 0.2) is 5.96 Å². The maximum Gasteiger partial charge on any atom is 0.191 e. The fourth-order valence-corrected chi connectivity index (χ4v) is 2.73. The maximum atomic E-state index is 10.3. The number of rotatable bonds is 10. The Balaban J connectivity index is 2.01. The summed E-state index contributed by atoms with van der Waals surface area (Å²) in [5, 5.41) is 16.8. The second-order valence-corrected chi connectivity index (χ2v) is 7.51. The van der Waals surface area contributed by atoms with Crippen LogP contribution in [-0.4, -0.2) is 35.7 Å². The lowest BCUT2D eigenvalue weighted by molar-refractivity contribution is 0.180. The minimum Gasteiger partial charge on any atom is -0.493 e. The molecule has 158 valence electrons.